The van der Waals surface area contributed by atoms with Crippen LogP contribution >= 0.6 is 0 Å². The molecule has 0 fully saturated rings. The number of benzene rings is 1. The Balaban J connectivity index is 2.02. The van der Waals surface area contributed by atoms with Gasteiger partial charge in [0.1, 0.15) is 5.75 Å². The molecule has 1 aliphatic rings. The van der Waals surface area contributed by atoms with Crippen molar-refractivity contribution >= 4 is 12.1 Å². The average molecular weight is 291 g/mol. The van der Waals surface area contributed by atoms with E-state index in [9.17, 15) is 4.79 Å². The highest BCUT2D eigenvalue weighted by molar-refractivity contribution is 5.94. The van der Waals surface area contributed by atoms with Crippen LogP contribution in [0.25, 0.3) is 0 Å². The number of aliphatic imine (C=N–C) groups is 1. The quantitative estimate of drug-likeness (QED) is 0.892. The fourth-order valence-electron chi connectivity index (χ4n) is 2.10. The highest BCUT2D eigenvalue weighted by Gasteiger charge is 2.19. The number of nitrogens with one attached hydrogen (secondary N) is 2. The van der Waals surface area contributed by atoms with E-state index < -0.39 is 6.09 Å². The Kier molecular flexibility index (Phi) is 5.43. The minimum atomic E-state index is -0.526. The zero-order chi connectivity index (χ0) is 15.1. The molecule has 6 heteroatoms. The summed E-state index contributed by atoms with van der Waals surface area (Å²) in [7, 11) is 1.32. The van der Waals surface area contributed by atoms with Gasteiger partial charge in [-0.25, -0.2) is 4.79 Å². The molecule has 0 spiro atoms. The molecule has 0 saturated carbocycles. The van der Waals surface area contributed by atoms with Gasteiger partial charge in [0.05, 0.1) is 19.8 Å². The highest BCUT2D eigenvalue weighted by Crippen LogP contribution is 2.23. The molecular weight excluding hydrogens is 270 g/mol. The van der Waals surface area contributed by atoms with Gasteiger partial charge in [-0.15, -0.1) is 0 Å². The molecule has 6 nitrogen and oxygen atoms in total. The smallest absolute Gasteiger partial charge is 0.413 e. The maximum atomic E-state index is 11.2. The third kappa shape index (κ3) is 4.37. The number of methoxy groups -OCH3 is 1. The van der Waals surface area contributed by atoms with Crippen molar-refractivity contribution in [3.05, 3.63) is 29.8 Å². The second kappa shape index (κ2) is 7.52. The van der Waals surface area contributed by atoms with Gasteiger partial charge in [0.25, 0.3) is 0 Å². The van der Waals surface area contributed by atoms with Crippen molar-refractivity contribution in [1.82, 2.24) is 10.6 Å². The fraction of sp³-hybridized carbons (Fsp3) is 0.467. The molecular formula is C15H21N3O3. The number of hydrogen-bond donors (Lipinski definition) is 2. The maximum absolute atomic E-state index is 11.2. The summed E-state index contributed by atoms with van der Waals surface area (Å²) in [5.41, 5.74) is 1.11. The molecule has 1 amide bonds. The van der Waals surface area contributed by atoms with Crippen LogP contribution in [-0.4, -0.2) is 32.3 Å². The normalized spacial score (nSPS) is 17.4. The van der Waals surface area contributed by atoms with Crippen molar-refractivity contribution in [2.45, 2.75) is 25.8 Å². The van der Waals surface area contributed by atoms with Crippen molar-refractivity contribution in [2.75, 3.05) is 20.3 Å². The van der Waals surface area contributed by atoms with Crippen LogP contribution in [0.2, 0.25) is 0 Å². The number of carbonyl (C=O) groups is 1. The number of carbonyl (C=O) groups excluding carboxylic acids is 1. The van der Waals surface area contributed by atoms with E-state index in [1.807, 2.05) is 24.3 Å². The highest BCUT2D eigenvalue weighted by atomic mass is 16.5. The Bertz CT molecular complexity index is 517. The van der Waals surface area contributed by atoms with Gasteiger partial charge in [0, 0.05) is 6.54 Å². The Labute approximate surface area is 124 Å². The third-order valence-corrected chi connectivity index (χ3v) is 3.14. The van der Waals surface area contributed by atoms with E-state index in [2.05, 4.69) is 27.3 Å². The number of hydrogen-bond acceptors (Lipinski definition) is 5. The first-order valence-electron chi connectivity index (χ1n) is 7.11. The maximum Gasteiger partial charge on any atom is 0.413 e. The zero-order valence-electron chi connectivity index (χ0n) is 12.4. The molecule has 1 unspecified atom stereocenters. The number of nitrogens with zero attached hydrogens (tertiary/aromatic N) is 1. The van der Waals surface area contributed by atoms with Gasteiger partial charge >= 0.3 is 6.09 Å². The predicted octanol–water partition coefficient (Wildman–Crippen LogP) is 2.22. The van der Waals surface area contributed by atoms with Crippen molar-refractivity contribution in [2.24, 2.45) is 4.99 Å². The van der Waals surface area contributed by atoms with Crippen LogP contribution in [-0.2, 0) is 4.74 Å². The lowest BCUT2D eigenvalue weighted by molar-refractivity contribution is 0.176. The SMILES string of the molecule is CCCOc1cccc(C2CCN=C(NC(=O)OC)N2)c1. The fourth-order valence-corrected chi connectivity index (χ4v) is 2.10. The van der Waals surface area contributed by atoms with Gasteiger partial charge < -0.3 is 14.8 Å². The second-order valence-corrected chi connectivity index (χ2v) is 4.75. The molecule has 0 bridgehead atoms. The van der Waals surface area contributed by atoms with Gasteiger partial charge in [0.2, 0.25) is 5.96 Å². The summed E-state index contributed by atoms with van der Waals surface area (Å²) < 4.78 is 10.2. The lowest BCUT2D eigenvalue weighted by Gasteiger charge is -2.25. The summed E-state index contributed by atoms with van der Waals surface area (Å²) in [4.78, 5) is 15.4. The topological polar surface area (TPSA) is 72.0 Å². The van der Waals surface area contributed by atoms with Gasteiger partial charge in [-0.05, 0) is 30.5 Å². The standard InChI is InChI=1S/C15H21N3O3/c1-3-9-21-12-6-4-5-11(10-12)13-7-8-16-14(17-13)18-15(19)20-2/h4-6,10,13H,3,7-9H2,1-2H3,(H2,16,17,18,19). The summed E-state index contributed by atoms with van der Waals surface area (Å²) in [6.45, 7) is 3.43. The molecule has 0 saturated heterocycles. The summed E-state index contributed by atoms with van der Waals surface area (Å²) in [5.74, 6) is 1.30. The van der Waals surface area contributed by atoms with E-state index in [4.69, 9.17) is 4.74 Å². The Morgan fingerprint density at radius 1 is 1.52 bits per heavy atom. The first kappa shape index (κ1) is 15.2. The van der Waals surface area contributed by atoms with Gasteiger partial charge in [-0.1, -0.05) is 19.1 Å². The molecule has 1 aromatic rings. The molecule has 114 valence electrons. The number of ether oxygens (including phenoxy) is 2. The predicted molar refractivity (Wildman–Crippen MR) is 80.6 cm³/mol. The van der Waals surface area contributed by atoms with Crippen LogP contribution in [0.3, 0.4) is 0 Å². The molecule has 1 heterocycles. The summed E-state index contributed by atoms with van der Waals surface area (Å²) >= 11 is 0. The number of amides is 1. The van der Waals surface area contributed by atoms with Gasteiger partial charge in [-0.2, -0.15) is 0 Å². The first-order chi connectivity index (χ1) is 10.2. The van der Waals surface area contributed by atoms with E-state index in [-0.39, 0.29) is 6.04 Å². The van der Waals surface area contributed by atoms with Gasteiger partial charge in [-0.3, -0.25) is 10.3 Å². The van der Waals surface area contributed by atoms with Crippen molar-refractivity contribution in [3.63, 3.8) is 0 Å². The molecule has 1 aliphatic heterocycles. The minimum absolute atomic E-state index is 0.0971. The van der Waals surface area contributed by atoms with Crippen LogP contribution in [0.1, 0.15) is 31.4 Å². The molecule has 0 radical (unpaired) electrons. The summed E-state index contributed by atoms with van der Waals surface area (Å²) in [6.07, 6.45) is 1.32. The van der Waals surface area contributed by atoms with Crippen LogP contribution < -0.4 is 15.4 Å². The van der Waals surface area contributed by atoms with Crippen molar-refractivity contribution in [1.29, 1.82) is 0 Å². The minimum Gasteiger partial charge on any atom is -0.494 e. The van der Waals surface area contributed by atoms with E-state index in [1.165, 1.54) is 7.11 Å². The average Bonchev–Trinajstić information content (AvgIpc) is 2.53. The Hall–Kier alpha value is -2.24. The molecule has 2 N–H and O–H groups in total. The van der Waals surface area contributed by atoms with Crippen molar-refractivity contribution in [3.8, 4) is 5.75 Å². The number of guanidine groups is 1. The van der Waals surface area contributed by atoms with Crippen LogP contribution in [0.15, 0.2) is 29.3 Å². The molecule has 2 rings (SSSR count). The lowest BCUT2D eigenvalue weighted by atomic mass is 10.0. The molecule has 21 heavy (non-hydrogen) atoms. The van der Waals surface area contributed by atoms with E-state index >= 15 is 0 Å². The van der Waals surface area contributed by atoms with E-state index in [0.29, 0.717) is 19.1 Å². The van der Waals surface area contributed by atoms with Crippen molar-refractivity contribution < 1.29 is 14.3 Å². The van der Waals surface area contributed by atoms with Crippen LogP contribution in [0.5, 0.6) is 5.75 Å². The first-order valence-corrected chi connectivity index (χ1v) is 7.11. The van der Waals surface area contributed by atoms with E-state index in [1.54, 1.807) is 0 Å². The summed E-state index contributed by atoms with van der Waals surface area (Å²) in [5, 5.41) is 5.76. The molecule has 0 aliphatic carbocycles. The number of alkyl carbamates (subject to hydrolysis) is 1. The molecule has 1 aromatic carbocycles. The van der Waals surface area contributed by atoms with Crippen LogP contribution in [0.4, 0.5) is 4.79 Å². The Morgan fingerprint density at radius 2 is 2.38 bits per heavy atom. The van der Waals surface area contributed by atoms with Gasteiger partial charge in [0.15, 0.2) is 0 Å². The van der Waals surface area contributed by atoms with E-state index in [0.717, 1.165) is 24.2 Å². The van der Waals surface area contributed by atoms with Crippen LogP contribution in [0, 0.1) is 0 Å². The molecule has 1 atom stereocenters. The monoisotopic (exact) mass is 291 g/mol. The lowest BCUT2D eigenvalue weighted by Crippen LogP contribution is -2.45. The second-order valence-electron chi connectivity index (χ2n) is 4.75. The third-order valence-electron chi connectivity index (χ3n) is 3.14. The largest absolute Gasteiger partial charge is 0.494 e. The zero-order valence-corrected chi connectivity index (χ0v) is 12.4. The molecule has 0 aromatic heterocycles. The number of rotatable bonds is 4. The Morgan fingerprint density at radius 3 is 3.14 bits per heavy atom. The summed E-state index contributed by atoms with van der Waals surface area (Å²) in [6, 6.07) is 8.08.